The maximum Gasteiger partial charge on any atom is 0.0186 e. The Bertz CT molecular complexity index is 400. The molecule has 19 heavy (non-hydrogen) atoms. The number of unbranched alkanes of at least 4 members (excludes halogenated alkanes) is 1. The van der Waals surface area contributed by atoms with Gasteiger partial charge >= 0.3 is 0 Å². The van der Waals surface area contributed by atoms with E-state index < -0.39 is 0 Å². The van der Waals surface area contributed by atoms with Crippen molar-refractivity contribution in [2.75, 3.05) is 12.3 Å². The van der Waals surface area contributed by atoms with Gasteiger partial charge in [-0.3, -0.25) is 0 Å². The molecule has 0 spiro atoms. The number of nitrogens with one attached hydrogen (secondary N) is 1. The van der Waals surface area contributed by atoms with Gasteiger partial charge in [-0.1, -0.05) is 28.9 Å². The molecule has 0 aliphatic rings. The molecule has 0 amide bonds. The molecule has 0 radical (unpaired) electrons. The Morgan fingerprint density at radius 3 is 3.00 bits per heavy atom. The molecule has 0 bridgehead atoms. The Balaban J connectivity index is 2.40. The number of benzene rings is 1. The lowest BCUT2D eigenvalue weighted by Gasteiger charge is -2.17. The monoisotopic (exact) mass is 339 g/mol. The highest BCUT2D eigenvalue weighted by molar-refractivity contribution is 9.10. The van der Waals surface area contributed by atoms with Gasteiger partial charge in [0.1, 0.15) is 0 Å². The van der Waals surface area contributed by atoms with E-state index in [4.69, 9.17) is 6.42 Å². The van der Waals surface area contributed by atoms with Crippen LogP contribution in [0.25, 0.3) is 0 Å². The summed E-state index contributed by atoms with van der Waals surface area (Å²) in [4.78, 5) is 1.31. The minimum absolute atomic E-state index is 0.553. The molecule has 1 aromatic rings. The highest BCUT2D eigenvalue weighted by Gasteiger charge is 2.08. The molecule has 1 nitrogen and oxygen atoms in total. The molecule has 0 aliphatic carbocycles. The zero-order valence-corrected chi connectivity index (χ0v) is 13.9. The molecular formula is C16H22BrNS. The Labute approximate surface area is 130 Å². The van der Waals surface area contributed by atoms with E-state index in [1.54, 1.807) is 0 Å². The quantitative estimate of drug-likeness (QED) is 0.397. The fourth-order valence-electron chi connectivity index (χ4n) is 1.80. The molecule has 0 heterocycles. The van der Waals surface area contributed by atoms with E-state index in [-0.39, 0.29) is 0 Å². The van der Waals surface area contributed by atoms with Crippen LogP contribution in [0.15, 0.2) is 33.6 Å². The standard InChI is InChI=1S/C16H22BrNS/c1-3-5-6-9-15(18-11-4-2)13-19-16-10-7-8-14(17)12-16/h1,7-8,10,12,15,18H,4-6,9,11,13H2,2H3. The van der Waals surface area contributed by atoms with Crippen LogP contribution in [0.5, 0.6) is 0 Å². The first-order valence-electron chi connectivity index (χ1n) is 6.81. The van der Waals surface area contributed by atoms with Crippen LogP contribution in [-0.4, -0.2) is 18.3 Å². The van der Waals surface area contributed by atoms with Crippen LogP contribution in [0.3, 0.4) is 0 Å². The van der Waals surface area contributed by atoms with Crippen molar-refractivity contribution in [3.8, 4) is 12.3 Å². The molecule has 1 unspecified atom stereocenters. The number of rotatable bonds is 9. The number of terminal acetylenes is 1. The first-order valence-corrected chi connectivity index (χ1v) is 8.59. The van der Waals surface area contributed by atoms with Crippen molar-refractivity contribution in [2.45, 2.75) is 43.5 Å². The summed E-state index contributed by atoms with van der Waals surface area (Å²) < 4.78 is 1.14. The molecule has 1 N–H and O–H groups in total. The Morgan fingerprint density at radius 2 is 2.32 bits per heavy atom. The summed E-state index contributed by atoms with van der Waals surface area (Å²) in [6.07, 6.45) is 9.64. The zero-order valence-electron chi connectivity index (χ0n) is 11.5. The second-order valence-electron chi connectivity index (χ2n) is 4.52. The van der Waals surface area contributed by atoms with Crippen molar-refractivity contribution in [1.29, 1.82) is 0 Å². The first-order chi connectivity index (χ1) is 9.26. The smallest absolute Gasteiger partial charge is 0.0186 e. The molecule has 104 valence electrons. The predicted octanol–water partition coefficient (Wildman–Crippen LogP) is 4.71. The number of hydrogen-bond donors (Lipinski definition) is 1. The molecule has 0 aromatic heterocycles. The highest BCUT2D eigenvalue weighted by Crippen LogP contribution is 2.23. The topological polar surface area (TPSA) is 12.0 Å². The van der Waals surface area contributed by atoms with Gasteiger partial charge in [-0.25, -0.2) is 0 Å². The van der Waals surface area contributed by atoms with E-state index in [9.17, 15) is 0 Å². The van der Waals surface area contributed by atoms with E-state index >= 15 is 0 Å². The first kappa shape index (κ1) is 16.6. The van der Waals surface area contributed by atoms with Crippen molar-refractivity contribution in [2.24, 2.45) is 0 Å². The van der Waals surface area contributed by atoms with Crippen LogP contribution in [0, 0.1) is 12.3 Å². The third-order valence-corrected chi connectivity index (χ3v) is 4.45. The predicted molar refractivity (Wildman–Crippen MR) is 89.6 cm³/mol. The third-order valence-electron chi connectivity index (χ3n) is 2.80. The molecular weight excluding hydrogens is 318 g/mol. The Kier molecular flexibility index (Phi) is 9.07. The molecule has 1 rings (SSSR count). The molecule has 0 aliphatic heterocycles. The fourth-order valence-corrected chi connectivity index (χ4v) is 3.41. The van der Waals surface area contributed by atoms with Crippen molar-refractivity contribution in [1.82, 2.24) is 5.32 Å². The Hall–Kier alpha value is -0.430. The summed E-state index contributed by atoms with van der Waals surface area (Å²) in [5.74, 6) is 3.82. The van der Waals surface area contributed by atoms with Crippen LogP contribution < -0.4 is 5.32 Å². The Morgan fingerprint density at radius 1 is 1.47 bits per heavy atom. The summed E-state index contributed by atoms with van der Waals surface area (Å²) >= 11 is 5.42. The van der Waals surface area contributed by atoms with Gasteiger partial charge in [0, 0.05) is 27.6 Å². The molecule has 0 saturated carbocycles. The third kappa shape index (κ3) is 7.67. The fraction of sp³-hybridized carbons (Fsp3) is 0.500. The summed E-state index contributed by atoms with van der Waals surface area (Å²) in [7, 11) is 0. The number of thioether (sulfide) groups is 1. The largest absolute Gasteiger partial charge is 0.313 e. The van der Waals surface area contributed by atoms with Gasteiger partial charge in [0.2, 0.25) is 0 Å². The minimum atomic E-state index is 0.553. The van der Waals surface area contributed by atoms with Crippen LogP contribution in [0.2, 0.25) is 0 Å². The maximum absolute atomic E-state index is 5.32. The van der Waals surface area contributed by atoms with Crippen LogP contribution >= 0.6 is 27.7 Å². The van der Waals surface area contributed by atoms with E-state index in [0.29, 0.717) is 6.04 Å². The van der Waals surface area contributed by atoms with E-state index in [1.165, 1.54) is 11.3 Å². The zero-order chi connectivity index (χ0) is 13.9. The average molecular weight is 340 g/mol. The summed E-state index contributed by atoms with van der Waals surface area (Å²) in [6, 6.07) is 9.03. The van der Waals surface area contributed by atoms with Crippen LogP contribution in [-0.2, 0) is 0 Å². The number of halogens is 1. The summed E-state index contributed by atoms with van der Waals surface area (Å²) in [5.41, 5.74) is 0. The second kappa shape index (κ2) is 10.4. The lowest BCUT2D eigenvalue weighted by Crippen LogP contribution is -2.31. The van der Waals surface area contributed by atoms with Crippen molar-refractivity contribution >= 4 is 27.7 Å². The summed E-state index contributed by atoms with van der Waals surface area (Å²) in [5, 5.41) is 3.61. The lowest BCUT2D eigenvalue weighted by atomic mass is 10.1. The van der Waals surface area contributed by atoms with Crippen LogP contribution in [0.1, 0.15) is 32.6 Å². The van der Waals surface area contributed by atoms with E-state index in [0.717, 1.165) is 36.0 Å². The van der Waals surface area contributed by atoms with Gasteiger partial charge < -0.3 is 5.32 Å². The van der Waals surface area contributed by atoms with E-state index in [2.05, 4.69) is 58.4 Å². The molecule has 3 heteroatoms. The van der Waals surface area contributed by atoms with Gasteiger partial charge in [-0.2, -0.15) is 0 Å². The normalized spacial score (nSPS) is 12.1. The second-order valence-corrected chi connectivity index (χ2v) is 6.52. The van der Waals surface area contributed by atoms with Crippen molar-refractivity contribution in [3.63, 3.8) is 0 Å². The minimum Gasteiger partial charge on any atom is -0.313 e. The van der Waals surface area contributed by atoms with Crippen molar-refractivity contribution < 1.29 is 0 Å². The molecule has 1 aromatic carbocycles. The van der Waals surface area contributed by atoms with E-state index in [1.807, 2.05) is 11.8 Å². The maximum atomic E-state index is 5.32. The number of hydrogen-bond acceptors (Lipinski definition) is 2. The van der Waals surface area contributed by atoms with Gasteiger partial charge in [0.05, 0.1) is 0 Å². The average Bonchev–Trinajstić information content (AvgIpc) is 2.41. The van der Waals surface area contributed by atoms with Gasteiger partial charge in [-0.05, 0) is 44.0 Å². The van der Waals surface area contributed by atoms with Crippen LogP contribution in [0.4, 0.5) is 0 Å². The van der Waals surface area contributed by atoms with Crippen molar-refractivity contribution in [3.05, 3.63) is 28.7 Å². The van der Waals surface area contributed by atoms with Gasteiger partial charge in [0.25, 0.3) is 0 Å². The SMILES string of the molecule is C#CCCCC(CSc1cccc(Br)c1)NCCC. The lowest BCUT2D eigenvalue weighted by molar-refractivity contribution is 0.508. The molecule has 0 saturated heterocycles. The van der Waals surface area contributed by atoms with Gasteiger partial charge in [0.15, 0.2) is 0 Å². The molecule has 0 fully saturated rings. The van der Waals surface area contributed by atoms with Gasteiger partial charge in [-0.15, -0.1) is 24.1 Å². The summed E-state index contributed by atoms with van der Waals surface area (Å²) in [6.45, 7) is 3.28. The highest BCUT2D eigenvalue weighted by atomic mass is 79.9. The molecule has 1 atom stereocenters.